The summed E-state index contributed by atoms with van der Waals surface area (Å²) in [7, 11) is 3.85. The van der Waals surface area contributed by atoms with Crippen LogP contribution < -0.4 is 5.32 Å². The van der Waals surface area contributed by atoms with Crippen LogP contribution in [0, 0.1) is 0 Å². The number of fused-ring (bicyclic) bond motifs is 1. The van der Waals surface area contributed by atoms with Crippen molar-refractivity contribution in [2.24, 2.45) is 0 Å². The lowest BCUT2D eigenvalue weighted by Crippen LogP contribution is -2.44. The fourth-order valence-electron chi connectivity index (χ4n) is 3.40. The van der Waals surface area contributed by atoms with E-state index in [2.05, 4.69) is 15.5 Å². The highest BCUT2D eigenvalue weighted by Crippen LogP contribution is 2.36. The van der Waals surface area contributed by atoms with Gasteiger partial charge in [0.1, 0.15) is 5.75 Å². The van der Waals surface area contributed by atoms with Crippen LogP contribution in [0.5, 0.6) is 5.75 Å². The first-order chi connectivity index (χ1) is 12.3. The van der Waals surface area contributed by atoms with E-state index in [0.29, 0.717) is 18.3 Å². The van der Waals surface area contributed by atoms with Crippen molar-refractivity contribution in [1.29, 1.82) is 0 Å². The highest BCUT2D eigenvalue weighted by atomic mass is 16.5. The molecule has 1 amide bonds. The molecule has 1 atom stereocenters. The molecule has 0 saturated heterocycles. The quantitative estimate of drug-likeness (QED) is 0.852. The van der Waals surface area contributed by atoms with E-state index in [9.17, 15) is 9.90 Å². The zero-order chi connectivity index (χ0) is 18.9. The second-order valence-corrected chi connectivity index (χ2v) is 7.65. The standard InChI is InChI=1S/C19H26N4O3/c1-19(2,18-20-16(26-22-18)11-23(3)4)21-17(25)14-9-5-8-13-12(14)7-6-10-15(13)24/h6-7,10,14,24H,5,8-9,11H2,1-4H3,(H,21,25). The van der Waals surface area contributed by atoms with Gasteiger partial charge in [0, 0.05) is 0 Å². The lowest BCUT2D eigenvalue weighted by atomic mass is 9.81. The van der Waals surface area contributed by atoms with E-state index in [1.54, 1.807) is 12.1 Å². The van der Waals surface area contributed by atoms with Crippen molar-refractivity contribution >= 4 is 5.91 Å². The van der Waals surface area contributed by atoms with Gasteiger partial charge in [0.05, 0.1) is 18.0 Å². The van der Waals surface area contributed by atoms with Gasteiger partial charge in [0.25, 0.3) is 0 Å². The Balaban J connectivity index is 1.77. The fourth-order valence-corrected chi connectivity index (χ4v) is 3.40. The summed E-state index contributed by atoms with van der Waals surface area (Å²) in [5.41, 5.74) is 1.04. The molecule has 1 unspecified atom stereocenters. The minimum atomic E-state index is -0.750. The normalized spacial score (nSPS) is 17.2. The summed E-state index contributed by atoms with van der Waals surface area (Å²) in [4.78, 5) is 19.3. The second-order valence-electron chi connectivity index (χ2n) is 7.65. The van der Waals surface area contributed by atoms with Crippen molar-refractivity contribution in [3.63, 3.8) is 0 Å². The number of amides is 1. The van der Waals surface area contributed by atoms with Gasteiger partial charge >= 0.3 is 0 Å². The summed E-state index contributed by atoms with van der Waals surface area (Å²) in [5.74, 6) is 0.874. The Bertz CT molecular complexity index is 798. The molecule has 0 saturated carbocycles. The summed E-state index contributed by atoms with van der Waals surface area (Å²) in [6, 6.07) is 5.39. The van der Waals surface area contributed by atoms with Gasteiger partial charge in [-0.3, -0.25) is 4.79 Å². The van der Waals surface area contributed by atoms with E-state index < -0.39 is 5.54 Å². The van der Waals surface area contributed by atoms with Crippen LogP contribution >= 0.6 is 0 Å². The highest BCUT2D eigenvalue weighted by Gasteiger charge is 2.34. The van der Waals surface area contributed by atoms with Gasteiger partial charge in [0.15, 0.2) is 5.82 Å². The van der Waals surface area contributed by atoms with Crippen LogP contribution in [0.2, 0.25) is 0 Å². The van der Waals surface area contributed by atoms with Crippen molar-refractivity contribution in [3.8, 4) is 5.75 Å². The van der Waals surface area contributed by atoms with E-state index in [-0.39, 0.29) is 17.6 Å². The molecule has 0 bridgehead atoms. The third-order valence-corrected chi connectivity index (χ3v) is 4.71. The fraction of sp³-hybridized carbons (Fsp3) is 0.526. The van der Waals surface area contributed by atoms with Crippen molar-refractivity contribution in [2.75, 3.05) is 14.1 Å². The molecule has 0 spiro atoms. The van der Waals surface area contributed by atoms with Gasteiger partial charge in [-0.2, -0.15) is 4.98 Å². The van der Waals surface area contributed by atoms with E-state index in [1.165, 1.54) is 0 Å². The smallest absolute Gasteiger partial charge is 0.240 e. The Morgan fingerprint density at radius 1 is 1.42 bits per heavy atom. The molecule has 1 aromatic carbocycles. The number of benzene rings is 1. The van der Waals surface area contributed by atoms with Crippen LogP contribution in [0.3, 0.4) is 0 Å². The average molecular weight is 358 g/mol. The molecule has 0 fully saturated rings. The maximum absolute atomic E-state index is 13.0. The molecule has 0 aliphatic heterocycles. The maximum Gasteiger partial charge on any atom is 0.240 e. The van der Waals surface area contributed by atoms with Crippen LogP contribution in [0.4, 0.5) is 0 Å². The predicted molar refractivity (Wildman–Crippen MR) is 96.6 cm³/mol. The lowest BCUT2D eigenvalue weighted by Gasteiger charge is -2.29. The minimum absolute atomic E-state index is 0.0829. The van der Waals surface area contributed by atoms with Crippen LogP contribution in [0.25, 0.3) is 0 Å². The molecule has 1 aliphatic carbocycles. The SMILES string of the molecule is CN(C)Cc1nc(C(C)(C)NC(=O)C2CCCc3c(O)cccc32)no1. The number of hydrogen-bond donors (Lipinski definition) is 2. The average Bonchev–Trinajstić information content (AvgIpc) is 3.03. The van der Waals surface area contributed by atoms with Gasteiger partial charge < -0.3 is 19.8 Å². The van der Waals surface area contributed by atoms with E-state index in [1.807, 2.05) is 38.9 Å². The Morgan fingerprint density at radius 2 is 2.19 bits per heavy atom. The van der Waals surface area contributed by atoms with Gasteiger partial charge in [0.2, 0.25) is 11.8 Å². The van der Waals surface area contributed by atoms with Gasteiger partial charge in [-0.15, -0.1) is 0 Å². The van der Waals surface area contributed by atoms with Crippen molar-refractivity contribution in [3.05, 3.63) is 41.0 Å². The first kappa shape index (κ1) is 18.4. The van der Waals surface area contributed by atoms with Crippen LogP contribution in [0.15, 0.2) is 22.7 Å². The Morgan fingerprint density at radius 3 is 2.92 bits per heavy atom. The Hall–Kier alpha value is -2.41. The number of rotatable bonds is 5. The molecule has 1 aliphatic rings. The van der Waals surface area contributed by atoms with Gasteiger partial charge in [-0.1, -0.05) is 17.3 Å². The molecule has 26 heavy (non-hydrogen) atoms. The number of carbonyl (C=O) groups excluding carboxylic acids is 1. The van der Waals surface area contributed by atoms with E-state index >= 15 is 0 Å². The molecule has 7 nitrogen and oxygen atoms in total. The number of phenols is 1. The molecule has 3 rings (SSSR count). The monoisotopic (exact) mass is 358 g/mol. The van der Waals surface area contributed by atoms with Gasteiger partial charge in [-0.25, -0.2) is 0 Å². The third-order valence-electron chi connectivity index (χ3n) is 4.71. The summed E-state index contributed by atoms with van der Waals surface area (Å²) >= 11 is 0. The van der Waals surface area contributed by atoms with Crippen molar-refractivity contribution in [1.82, 2.24) is 20.4 Å². The minimum Gasteiger partial charge on any atom is -0.508 e. The summed E-state index contributed by atoms with van der Waals surface area (Å²) < 4.78 is 5.27. The molecule has 1 heterocycles. The van der Waals surface area contributed by atoms with Crippen LogP contribution in [-0.4, -0.2) is 40.1 Å². The number of nitrogens with one attached hydrogen (secondary N) is 1. The van der Waals surface area contributed by atoms with Crippen molar-refractivity contribution < 1.29 is 14.4 Å². The largest absolute Gasteiger partial charge is 0.508 e. The molecule has 140 valence electrons. The van der Waals surface area contributed by atoms with Crippen LogP contribution in [0.1, 0.15) is 55.4 Å². The number of aromatic hydroxyl groups is 1. The highest BCUT2D eigenvalue weighted by molar-refractivity contribution is 5.85. The summed E-state index contributed by atoms with van der Waals surface area (Å²) in [5, 5.41) is 17.2. The molecular weight excluding hydrogens is 332 g/mol. The number of aromatic nitrogens is 2. The number of carbonyl (C=O) groups is 1. The van der Waals surface area contributed by atoms with E-state index in [0.717, 1.165) is 30.4 Å². The molecule has 0 radical (unpaired) electrons. The Kier molecular flexibility index (Phi) is 5.00. The number of phenolic OH excluding ortho intramolecular Hbond substituents is 1. The molecular formula is C19H26N4O3. The first-order valence-electron chi connectivity index (χ1n) is 8.88. The molecule has 2 aromatic rings. The lowest BCUT2D eigenvalue weighted by molar-refractivity contribution is -0.124. The predicted octanol–water partition coefficient (Wildman–Crippen LogP) is 2.31. The number of hydrogen-bond acceptors (Lipinski definition) is 6. The second kappa shape index (κ2) is 7.07. The topological polar surface area (TPSA) is 91.5 Å². The summed E-state index contributed by atoms with van der Waals surface area (Å²) in [6.45, 7) is 4.27. The molecule has 7 heteroatoms. The molecule has 2 N–H and O–H groups in total. The van der Waals surface area contributed by atoms with Crippen molar-refractivity contribution in [2.45, 2.75) is 51.1 Å². The van der Waals surface area contributed by atoms with E-state index in [4.69, 9.17) is 4.52 Å². The third kappa shape index (κ3) is 3.72. The Labute approximate surface area is 153 Å². The van der Waals surface area contributed by atoms with Gasteiger partial charge in [-0.05, 0) is 64.4 Å². The first-order valence-corrected chi connectivity index (χ1v) is 8.88. The summed E-state index contributed by atoms with van der Waals surface area (Å²) in [6.07, 6.45) is 2.43. The zero-order valence-corrected chi connectivity index (χ0v) is 15.7. The zero-order valence-electron chi connectivity index (χ0n) is 15.7. The maximum atomic E-state index is 13.0. The molecule has 1 aromatic heterocycles. The van der Waals surface area contributed by atoms with Crippen LogP contribution in [-0.2, 0) is 23.3 Å². The number of nitrogens with zero attached hydrogens (tertiary/aromatic N) is 3.